The number of aromatic amines is 1. The van der Waals surface area contributed by atoms with Gasteiger partial charge in [-0.3, -0.25) is 4.79 Å². The molecule has 84 valence electrons. The molecule has 0 bridgehead atoms. The van der Waals surface area contributed by atoms with Crippen molar-refractivity contribution in [1.82, 2.24) is 9.97 Å². The average molecular weight is 231 g/mol. The third-order valence-corrected chi connectivity index (χ3v) is 2.50. The van der Waals surface area contributed by atoms with Crippen molar-refractivity contribution in [1.29, 1.82) is 0 Å². The third kappa shape index (κ3) is 3.21. The van der Waals surface area contributed by atoms with Crippen molar-refractivity contribution >= 4 is 17.4 Å². The van der Waals surface area contributed by atoms with Crippen LogP contribution >= 0.6 is 11.6 Å². The molecule has 0 amide bonds. The highest BCUT2D eigenvalue weighted by Gasteiger charge is 2.10. The van der Waals surface area contributed by atoms with Crippen LogP contribution in [0.15, 0.2) is 11.1 Å². The second kappa shape index (κ2) is 5.72. The predicted octanol–water partition coefficient (Wildman–Crippen LogP) is 0.963. The van der Waals surface area contributed by atoms with Gasteiger partial charge in [-0.2, -0.15) is 0 Å². The van der Waals surface area contributed by atoms with Gasteiger partial charge in [0.1, 0.15) is 5.02 Å². The first kappa shape index (κ1) is 12.0. The highest BCUT2D eigenvalue weighted by molar-refractivity contribution is 6.32. The maximum atomic E-state index is 11.2. The van der Waals surface area contributed by atoms with Crippen LogP contribution in [0, 0.1) is 0 Å². The van der Waals surface area contributed by atoms with Crippen LogP contribution in [0.25, 0.3) is 0 Å². The number of anilines is 1. The van der Waals surface area contributed by atoms with E-state index in [4.69, 9.17) is 17.3 Å². The highest BCUT2D eigenvalue weighted by Crippen LogP contribution is 2.15. The highest BCUT2D eigenvalue weighted by atomic mass is 35.5. The largest absolute Gasteiger partial charge is 0.366 e. The molecule has 1 heterocycles. The van der Waals surface area contributed by atoms with Gasteiger partial charge in [-0.25, -0.2) is 4.98 Å². The number of aromatic nitrogens is 2. The van der Waals surface area contributed by atoms with Crippen molar-refractivity contribution in [2.45, 2.75) is 25.8 Å². The zero-order valence-corrected chi connectivity index (χ0v) is 9.34. The quantitative estimate of drug-likeness (QED) is 0.704. The molecule has 1 aromatic heterocycles. The SMILES string of the molecule is CCC(CCN)Nc1nc[nH]c(=O)c1Cl. The molecule has 1 unspecified atom stereocenters. The Labute approximate surface area is 93.0 Å². The normalized spacial score (nSPS) is 12.5. The fourth-order valence-corrected chi connectivity index (χ4v) is 1.41. The molecule has 1 aromatic rings. The van der Waals surface area contributed by atoms with E-state index >= 15 is 0 Å². The Morgan fingerprint density at radius 3 is 3.07 bits per heavy atom. The molecule has 15 heavy (non-hydrogen) atoms. The molecule has 0 saturated heterocycles. The van der Waals surface area contributed by atoms with Crippen molar-refractivity contribution in [3.8, 4) is 0 Å². The van der Waals surface area contributed by atoms with Gasteiger partial charge in [0.25, 0.3) is 5.56 Å². The van der Waals surface area contributed by atoms with Crippen molar-refractivity contribution < 1.29 is 0 Å². The summed E-state index contributed by atoms with van der Waals surface area (Å²) >= 11 is 5.79. The summed E-state index contributed by atoms with van der Waals surface area (Å²) in [6, 6.07) is 0.196. The maximum absolute atomic E-state index is 11.2. The van der Waals surface area contributed by atoms with Gasteiger partial charge < -0.3 is 16.0 Å². The number of nitrogens with one attached hydrogen (secondary N) is 2. The fourth-order valence-electron chi connectivity index (χ4n) is 1.26. The fraction of sp³-hybridized carbons (Fsp3) is 0.556. The minimum atomic E-state index is -0.336. The monoisotopic (exact) mass is 230 g/mol. The van der Waals surface area contributed by atoms with Gasteiger partial charge in [-0.1, -0.05) is 18.5 Å². The lowest BCUT2D eigenvalue weighted by Crippen LogP contribution is -2.24. The van der Waals surface area contributed by atoms with E-state index in [1.807, 2.05) is 6.92 Å². The van der Waals surface area contributed by atoms with Gasteiger partial charge in [0, 0.05) is 6.04 Å². The van der Waals surface area contributed by atoms with E-state index in [0.29, 0.717) is 12.4 Å². The Kier molecular flexibility index (Phi) is 4.58. The Morgan fingerprint density at radius 2 is 2.47 bits per heavy atom. The zero-order valence-electron chi connectivity index (χ0n) is 8.59. The molecule has 0 spiro atoms. The Hall–Kier alpha value is -1.07. The minimum Gasteiger partial charge on any atom is -0.366 e. The molecular formula is C9H15ClN4O. The van der Waals surface area contributed by atoms with Gasteiger partial charge >= 0.3 is 0 Å². The van der Waals surface area contributed by atoms with Crippen molar-refractivity contribution in [2.24, 2.45) is 5.73 Å². The number of hydrogen-bond donors (Lipinski definition) is 3. The molecule has 0 saturated carbocycles. The first-order valence-electron chi connectivity index (χ1n) is 4.88. The van der Waals surface area contributed by atoms with Gasteiger partial charge in [-0.15, -0.1) is 0 Å². The second-order valence-corrected chi connectivity index (χ2v) is 3.60. The first-order chi connectivity index (χ1) is 7.19. The van der Waals surface area contributed by atoms with Crippen LogP contribution in [-0.4, -0.2) is 22.6 Å². The summed E-state index contributed by atoms with van der Waals surface area (Å²) in [5.74, 6) is 0.417. The van der Waals surface area contributed by atoms with Crippen LogP contribution in [-0.2, 0) is 0 Å². The van der Waals surface area contributed by atoms with Gasteiger partial charge in [0.05, 0.1) is 6.33 Å². The summed E-state index contributed by atoms with van der Waals surface area (Å²) < 4.78 is 0. The van der Waals surface area contributed by atoms with E-state index < -0.39 is 0 Å². The molecule has 0 aromatic carbocycles. The lowest BCUT2D eigenvalue weighted by molar-refractivity contribution is 0.639. The van der Waals surface area contributed by atoms with E-state index in [9.17, 15) is 4.79 Å². The van der Waals surface area contributed by atoms with Crippen molar-refractivity contribution in [3.05, 3.63) is 21.7 Å². The molecule has 6 heteroatoms. The lowest BCUT2D eigenvalue weighted by Gasteiger charge is -2.16. The van der Waals surface area contributed by atoms with Gasteiger partial charge in [0.2, 0.25) is 0 Å². The second-order valence-electron chi connectivity index (χ2n) is 3.22. The van der Waals surface area contributed by atoms with E-state index in [0.717, 1.165) is 12.8 Å². The molecule has 1 rings (SSSR count). The summed E-state index contributed by atoms with van der Waals surface area (Å²) in [6.45, 7) is 2.63. The van der Waals surface area contributed by atoms with Crippen LogP contribution in [0.5, 0.6) is 0 Å². The van der Waals surface area contributed by atoms with Crippen molar-refractivity contribution in [3.63, 3.8) is 0 Å². The Balaban J connectivity index is 2.79. The molecule has 0 aliphatic heterocycles. The number of halogens is 1. The number of nitrogens with zero attached hydrogens (tertiary/aromatic N) is 1. The number of rotatable bonds is 5. The lowest BCUT2D eigenvalue weighted by atomic mass is 10.1. The summed E-state index contributed by atoms with van der Waals surface area (Å²) in [7, 11) is 0. The minimum absolute atomic E-state index is 0.0907. The standard InChI is InChI=1S/C9H15ClN4O/c1-2-6(3-4-11)14-8-7(10)9(15)13-5-12-8/h5-6H,2-4,11H2,1H3,(H2,12,13,14,15). The molecule has 5 nitrogen and oxygen atoms in total. The average Bonchev–Trinajstić information content (AvgIpc) is 2.24. The summed E-state index contributed by atoms with van der Waals surface area (Å²) in [5, 5.41) is 3.19. The summed E-state index contributed by atoms with van der Waals surface area (Å²) in [4.78, 5) is 17.5. The summed E-state index contributed by atoms with van der Waals surface area (Å²) in [6.07, 6.45) is 3.05. The molecule has 0 aliphatic carbocycles. The number of hydrogen-bond acceptors (Lipinski definition) is 4. The molecular weight excluding hydrogens is 216 g/mol. The van der Waals surface area contributed by atoms with Crippen molar-refractivity contribution in [2.75, 3.05) is 11.9 Å². The molecule has 4 N–H and O–H groups in total. The smallest absolute Gasteiger partial charge is 0.271 e. The van der Waals surface area contributed by atoms with Gasteiger partial charge in [0.15, 0.2) is 5.82 Å². The maximum Gasteiger partial charge on any atom is 0.271 e. The number of H-pyrrole nitrogens is 1. The zero-order chi connectivity index (χ0) is 11.3. The molecule has 0 fully saturated rings. The predicted molar refractivity (Wildman–Crippen MR) is 61.2 cm³/mol. The van der Waals surface area contributed by atoms with Crippen LogP contribution in [0.4, 0.5) is 5.82 Å². The van der Waals surface area contributed by atoms with Crippen LogP contribution in [0.3, 0.4) is 0 Å². The van der Waals surface area contributed by atoms with Crippen LogP contribution in [0.2, 0.25) is 5.02 Å². The molecule has 0 radical (unpaired) electrons. The first-order valence-corrected chi connectivity index (χ1v) is 5.26. The molecule has 0 aliphatic rings. The van der Waals surface area contributed by atoms with Crippen LogP contribution < -0.4 is 16.6 Å². The van der Waals surface area contributed by atoms with Gasteiger partial charge in [-0.05, 0) is 19.4 Å². The Morgan fingerprint density at radius 1 is 1.73 bits per heavy atom. The topological polar surface area (TPSA) is 83.8 Å². The van der Waals surface area contributed by atoms with Crippen LogP contribution in [0.1, 0.15) is 19.8 Å². The Bertz CT molecular complexity index is 365. The molecule has 1 atom stereocenters. The van der Waals surface area contributed by atoms with E-state index in [1.54, 1.807) is 0 Å². The number of nitrogens with two attached hydrogens (primary N) is 1. The van der Waals surface area contributed by atoms with E-state index in [-0.39, 0.29) is 16.6 Å². The van der Waals surface area contributed by atoms with E-state index in [1.165, 1.54) is 6.33 Å². The third-order valence-electron chi connectivity index (χ3n) is 2.15. The van der Waals surface area contributed by atoms with E-state index in [2.05, 4.69) is 15.3 Å². The summed E-state index contributed by atoms with van der Waals surface area (Å²) in [5.41, 5.74) is 5.13.